The van der Waals surface area contributed by atoms with Crippen LogP contribution in [0, 0.1) is 0 Å². The number of alkyl halides is 6. The van der Waals surface area contributed by atoms with Gasteiger partial charge in [0.1, 0.15) is 5.75 Å². The first-order valence-electron chi connectivity index (χ1n) is 9.89. The average Bonchev–Trinajstić information content (AvgIpc) is 2.70. The number of aliphatic hydroxyl groups excluding tert-OH is 1. The Labute approximate surface area is 177 Å². The molecule has 2 aromatic rings. The lowest BCUT2D eigenvalue weighted by Gasteiger charge is -2.29. The molecule has 3 nitrogen and oxygen atoms in total. The van der Waals surface area contributed by atoms with Crippen molar-refractivity contribution in [3.05, 3.63) is 59.7 Å². The first kappa shape index (κ1) is 24.8. The molecule has 0 fully saturated rings. The van der Waals surface area contributed by atoms with E-state index in [9.17, 15) is 31.4 Å². The Balaban J connectivity index is 2.40. The molecule has 1 N–H and O–H groups in total. The summed E-state index contributed by atoms with van der Waals surface area (Å²) in [6.07, 6.45) is -9.96. The van der Waals surface area contributed by atoms with E-state index < -0.39 is 30.6 Å². The number of aliphatic hydroxyl groups is 1. The second-order valence-electron chi connectivity index (χ2n) is 7.19. The standard InChI is InChI=1S/C22H25F6NO2/c1-2-3-7-10-31-19-12-17(21(23,24)25)11-18(13-19)29(15-20(30)22(26,27)28)14-16-8-5-4-6-9-16/h4-6,8-9,11-13,20,30H,2-3,7,10,14-15H2,1H3. The molecule has 0 spiro atoms. The fourth-order valence-electron chi connectivity index (χ4n) is 2.93. The SMILES string of the molecule is CCCCCOc1cc(N(Cc2ccccc2)CC(O)C(F)(F)F)cc(C(F)(F)F)c1. The third-order valence-corrected chi connectivity index (χ3v) is 4.59. The van der Waals surface area contributed by atoms with E-state index in [0.29, 0.717) is 12.0 Å². The monoisotopic (exact) mass is 449 g/mol. The van der Waals surface area contributed by atoms with Crippen molar-refractivity contribution in [2.45, 2.75) is 51.2 Å². The van der Waals surface area contributed by atoms with Crippen LogP contribution in [0.4, 0.5) is 32.0 Å². The molecule has 0 aliphatic carbocycles. The molecule has 2 aromatic carbocycles. The summed E-state index contributed by atoms with van der Waals surface area (Å²) in [5.74, 6) is -0.0829. The third kappa shape index (κ3) is 7.97. The van der Waals surface area contributed by atoms with Gasteiger partial charge in [-0.3, -0.25) is 0 Å². The van der Waals surface area contributed by atoms with Crippen LogP contribution in [0.5, 0.6) is 5.75 Å². The molecule has 0 bridgehead atoms. The molecule has 0 saturated heterocycles. The maximum absolute atomic E-state index is 13.4. The Kier molecular flexibility index (Phi) is 8.61. The lowest BCUT2D eigenvalue weighted by molar-refractivity contribution is -0.200. The summed E-state index contributed by atoms with van der Waals surface area (Å²) in [5, 5.41) is 9.57. The van der Waals surface area contributed by atoms with Gasteiger partial charge in [-0.25, -0.2) is 0 Å². The summed E-state index contributed by atoms with van der Waals surface area (Å²) in [6.45, 7) is 1.12. The summed E-state index contributed by atoms with van der Waals surface area (Å²) < 4.78 is 84.6. The number of unbranched alkanes of at least 4 members (excludes halogenated alkanes) is 2. The highest BCUT2D eigenvalue weighted by Crippen LogP contribution is 2.36. The minimum absolute atomic E-state index is 0.0829. The molecular formula is C22H25F6NO2. The van der Waals surface area contributed by atoms with Crippen LogP contribution in [-0.2, 0) is 12.7 Å². The van der Waals surface area contributed by atoms with E-state index in [1.807, 2.05) is 6.92 Å². The van der Waals surface area contributed by atoms with Gasteiger partial charge in [-0.15, -0.1) is 0 Å². The maximum atomic E-state index is 13.4. The van der Waals surface area contributed by atoms with E-state index in [1.165, 1.54) is 6.07 Å². The predicted molar refractivity (Wildman–Crippen MR) is 106 cm³/mol. The second-order valence-corrected chi connectivity index (χ2v) is 7.19. The molecule has 0 aliphatic heterocycles. The normalized spacial score (nSPS) is 13.2. The highest BCUT2D eigenvalue weighted by molar-refractivity contribution is 5.54. The highest BCUT2D eigenvalue weighted by Gasteiger charge is 2.40. The van der Waals surface area contributed by atoms with Gasteiger partial charge in [0.15, 0.2) is 6.10 Å². The molecule has 172 valence electrons. The van der Waals surface area contributed by atoms with Gasteiger partial charge in [-0.2, -0.15) is 26.3 Å². The van der Waals surface area contributed by atoms with Crippen LogP contribution >= 0.6 is 0 Å². The molecule has 0 aromatic heterocycles. The first-order chi connectivity index (χ1) is 14.5. The van der Waals surface area contributed by atoms with Crippen LogP contribution in [-0.4, -0.2) is 30.5 Å². The number of hydrogen-bond donors (Lipinski definition) is 1. The Morgan fingerprint density at radius 3 is 2.23 bits per heavy atom. The zero-order chi connectivity index (χ0) is 23.1. The topological polar surface area (TPSA) is 32.7 Å². The number of anilines is 1. The Morgan fingerprint density at radius 2 is 1.65 bits per heavy atom. The predicted octanol–water partition coefficient (Wildman–Crippen LogP) is 6.20. The second kappa shape index (κ2) is 10.7. The largest absolute Gasteiger partial charge is 0.494 e. The first-order valence-corrected chi connectivity index (χ1v) is 9.89. The highest BCUT2D eigenvalue weighted by atomic mass is 19.4. The number of nitrogens with zero attached hydrogens (tertiary/aromatic N) is 1. The number of halogens is 6. The third-order valence-electron chi connectivity index (χ3n) is 4.59. The minimum Gasteiger partial charge on any atom is -0.494 e. The molecule has 31 heavy (non-hydrogen) atoms. The van der Waals surface area contributed by atoms with Gasteiger partial charge < -0.3 is 14.7 Å². The van der Waals surface area contributed by atoms with Crippen LogP contribution < -0.4 is 9.64 Å². The Morgan fingerprint density at radius 1 is 0.968 bits per heavy atom. The lowest BCUT2D eigenvalue weighted by atomic mass is 10.1. The van der Waals surface area contributed by atoms with Gasteiger partial charge in [0, 0.05) is 18.3 Å². The van der Waals surface area contributed by atoms with Crippen LogP contribution in [0.2, 0.25) is 0 Å². The number of hydrogen-bond acceptors (Lipinski definition) is 3. The Bertz CT molecular complexity index is 808. The smallest absolute Gasteiger partial charge is 0.416 e. The van der Waals surface area contributed by atoms with Crippen LogP contribution in [0.3, 0.4) is 0 Å². The van der Waals surface area contributed by atoms with Crippen molar-refractivity contribution in [3.8, 4) is 5.75 Å². The van der Waals surface area contributed by atoms with E-state index in [2.05, 4.69) is 0 Å². The van der Waals surface area contributed by atoms with E-state index in [0.717, 1.165) is 29.9 Å². The van der Waals surface area contributed by atoms with Crippen molar-refractivity contribution in [1.29, 1.82) is 0 Å². The van der Waals surface area contributed by atoms with Gasteiger partial charge in [-0.1, -0.05) is 50.1 Å². The van der Waals surface area contributed by atoms with Crippen molar-refractivity contribution in [1.82, 2.24) is 0 Å². The molecule has 0 aliphatic rings. The maximum Gasteiger partial charge on any atom is 0.416 e. The average molecular weight is 449 g/mol. The van der Waals surface area contributed by atoms with Crippen molar-refractivity contribution in [3.63, 3.8) is 0 Å². The zero-order valence-corrected chi connectivity index (χ0v) is 17.0. The molecule has 0 amide bonds. The van der Waals surface area contributed by atoms with Crippen LogP contribution in [0.1, 0.15) is 37.3 Å². The zero-order valence-electron chi connectivity index (χ0n) is 17.0. The summed E-state index contributed by atoms with van der Waals surface area (Å²) in [4.78, 5) is 1.07. The van der Waals surface area contributed by atoms with Crippen LogP contribution in [0.15, 0.2) is 48.5 Å². The van der Waals surface area contributed by atoms with E-state index in [1.54, 1.807) is 30.3 Å². The van der Waals surface area contributed by atoms with Crippen molar-refractivity contribution < 1.29 is 36.2 Å². The van der Waals surface area contributed by atoms with Crippen molar-refractivity contribution in [2.24, 2.45) is 0 Å². The van der Waals surface area contributed by atoms with E-state index in [4.69, 9.17) is 4.74 Å². The lowest BCUT2D eigenvalue weighted by Crippen LogP contribution is -2.41. The molecule has 0 heterocycles. The van der Waals surface area contributed by atoms with E-state index in [-0.39, 0.29) is 24.6 Å². The molecule has 0 saturated carbocycles. The van der Waals surface area contributed by atoms with Gasteiger partial charge in [0.05, 0.1) is 18.7 Å². The fourth-order valence-corrected chi connectivity index (χ4v) is 2.93. The minimum atomic E-state index is -4.91. The van der Waals surface area contributed by atoms with Crippen LogP contribution in [0.25, 0.3) is 0 Å². The molecule has 1 atom stereocenters. The van der Waals surface area contributed by atoms with Gasteiger partial charge in [-0.05, 0) is 24.1 Å². The number of ether oxygens (including phenoxy) is 1. The van der Waals surface area contributed by atoms with Crippen molar-refractivity contribution in [2.75, 3.05) is 18.1 Å². The van der Waals surface area contributed by atoms with Gasteiger partial charge in [0.2, 0.25) is 0 Å². The summed E-state index contributed by atoms with van der Waals surface area (Å²) >= 11 is 0. The van der Waals surface area contributed by atoms with Gasteiger partial charge >= 0.3 is 12.4 Å². The van der Waals surface area contributed by atoms with E-state index >= 15 is 0 Å². The Hall–Kier alpha value is -2.42. The summed E-state index contributed by atoms with van der Waals surface area (Å²) in [5.41, 5.74) is -0.567. The molecular weight excluding hydrogens is 424 g/mol. The van der Waals surface area contributed by atoms with Gasteiger partial charge in [0.25, 0.3) is 0 Å². The molecule has 0 radical (unpaired) electrons. The number of benzene rings is 2. The fraction of sp³-hybridized carbons (Fsp3) is 0.455. The van der Waals surface area contributed by atoms with Crippen molar-refractivity contribution >= 4 is 5.69 Å². The number of rotatable bonds is 10. The molecule has 1 unspecified atom stereocenters. The summed E-state index contributed by atoms with van der Waals surface area (Å²) in [6, 6.07) is 11.2. The molecule has 9 heteroatoms. The quantitative estimate of drug-likeness (QED) is 0.346. The summed E-state index contributed by atoms with van der Waals surface area (Å²) in [7, 11) is 0. The molecule has 2 rings (SSSR count).